The second-order valence-electron chi connectivity index (χ2n) is 8.02. The van der Waals surface area contributed by atoms with Gasteiger partial charge in [-0.15, -0.1) is 10.2 Å². The molecule has 0 radical (unpaired) electrons. The summed E-state index contributed by atoms with van der Waals surface area (Å²) in [4.78, 5) is 12.4. The summed E-state index contributed by atoms with van der Waals surface area (Å²) in [6.07, 6.45) is 0.388. The van der Waals surface area contributed by atoms with Gasteiger partial charge in [0.15, 0.2) is 11.0 Å². The van der Waals surface area contributed by atoms with Gasteiger partial charge in [0, 0.05) is 30.1 Å². The molecule has 1 heterocycles. The Balaban J connectivity index is 1.36. The first-order chi connectivity index (χ1) is 17.1. The van der Waals surface area contributed by atoms with E-state index in [1.54, 1.807) is 7.11 Å². The topological polar surface area (TPSA) is 81.1 Å². The molecule has 180 valence electrons. The fourth-order valence-corrected chi connectivity index (χ4v) is 4.46. The van der Waals surface area contributed by atoms with E-state index in [9.17, 15) is 4.79 Å². The Morgan fingerprint density at radius 1 is 0.971 bits per heavy atom. The van der Waals surface area contributed by atoms with E-state index in [2.05, 4.69) is 39.9 Å². The molecular weight excluding hydrogens is 458 g/mol. The Kier molecular flexibility index (Phi) is 8.40. The Morgan fingerprint density at radius 3 is 2.51 bits per heavy atom. The fourth-order valence-electron chi connectivity index (χ4n) is 3.55. The van der Waals surface area contributed by atoms with E-state index in [-0.39, 0.29) is 5.91 Å². The largest absolute Gasteiger partial charge is 0.497 e. The number of methoxy groups -OCH3 is 1. The molecule has 7 nitrogen and oxygen atoms in total. The minimum atomic E-state index is 0.000400. The lowest BCUT2D eigenvalue weighted by molar-refractivity contribution is -0.120. The molecule has 0 spiro atoms. The Bertz CT molecular complexity index is 1240. The second kappa shape index (κ2) is 12.1. The number of aromatic nitrogens is 3. The molecule has 35 heavy (non-hydrogen) atoms. The molecule has 1 aromatic heterocycles. The number of hydrogen-bond donors (Lipinski definition) is 2. The predicted molar refractivity (Wildman–Crippen MR) is 140 cm³/mol. The van der Waals surface area contributed by atoms with Gasteiger partial charge >= 0.3 is 0 Å². The summed E-state index contributed by atoms with van der Waals surface area (Å²) in [5.74, 6) is 2.21. The number of aryl methyl sites for hydroxylation is 1. The highest BCUT2D eigenvalue weighted by molar-refractivity contribution is 7.99. The molecular formula is C27H29N5O2S. The first-order valence-corrected chi connectivity index (χ1v) is 12.4. The van der Waals surface area contributed by atoms with Crippen LogP contribution in [0.4, 0.5) is 5.69 Å². The molecule has 0 atom stereocenters. The molecule has 0 fully saturated rings. The van der Waals surface area contributed by atoms with E-state index in [4.69, 9.17) is 4.74 Å². The van der Waals surface area contributed by atoms with Gasteiger partial charge in [-0.1, -0.05) is 54.2 Å². The quantitative estimate of drug-likeness (QED) is 0.290. The maximum atomic E-state index is 12.4. The highest BCUT2D eigenvalue weighted by Gasteiger charge is 2.15. The summed E-state index contributed by atoms with van der Waals surface area (Å²) < 4.78 is 7.21. The normalized spacial score (nSPS) is 10.7. The third-order valence-corrected chi connectivity index (χ3v) is 6.32. The first-order valence-electron chi connectivity index (χ1n) is 11.4. The van der Waals surface area contributed by atoms with E-state index in [0.717, 1.165) is 33.7 Å². The van der Waals surface area contributed by atoms with Crippen molar-refractivity contribution in [3.05, 3.63) is 95.8 Å². The average molecular weight is 488 g/mol. The van der Waals surface area contributed by atoms with Crippen LogP contribution in [0, 0.1) is 6.92 Å². The summed E-state index contributed by atoms with van der Waals surface area (Å²) in [5.41, 5.74) is 4.25. The standard InChI is InChI=1S/C27H29N5O2S/c1-20-7-6-8-22(17-20)28-19-25-30-31-27(32(25)23-9-4-3-5-10-23)35-16-15-26(33)29-18-21-11-13-24(34-2)14-12-21/h3-14,17,28H,15-16,18-19H2,1-2H3,(H,29,33). The van der Waals surface area contributed by atoms with E-state index in [1.165, 1.54) is 17.3 Å². The fraction of sp³-hybridized carbons (Fsp3) is 0.222. The lowest BCUT2D eigenvalue weighted by Crippen LogP contribution is -2.23. The summed E-state index contributed by atoms with van der Waals surface area (Å²) >= 11 is 1.53. The van der Waals surface area contributed by atoms with E-state index in [0.29, 0.717) is 25.3 Å². The van der Waals surface area contributed by atoms with Crippen LogP contribution < -0.4 is 15.4 Å². The number of thioether (sulfide) groups is 1. The van der Waals surface area contributed by atoms with Crippen molar-refractivity contribution in [3.8, 4) is 11.4 Å². The Labute approximate surface area is 209 Å². The van der Waals surface area contributed by atoms with Crippen LogP contribution in [0.1, 0.15) is 23.4 Å². The maximum absolute atomic E-state index is 12.4. The molecule has 0 saturated carbocycles. The monoisotopic (exact) mass is 487 g/mol. The van der Waals surface area contributed by atoms with Crippen molar-refractivity contribution in [1.29, 1.82) is 0 Å². The molecule has 8 heteroatoms. The zero-order valence-electron chi connectivity index (χ0n) is 19.9. The number of benzene rings is 3. The van der Waals surface area contributed by atoms with Crippen LogP contribution >= 0.6 is 11.8 Å². The number of hydrogen-bond acceptors (Lipinski definition) is 6. The van der Waals surface area contributed by atoms with Crippen LogP contribution in [0.3, 0.4) is 0 Å². The maximum Gasteiger partial charge on any atom is 0.221 e. The van der Waals surface area contributed by atoms with Gasteiger partial charge in [0.05, 0.1) is 13.7 Å². The van der Waals surface area contributed by atoms with Crippen molar-refractivity contribution >= 4 is 23.4 Å². The summed E-state index contributed by atoms with van der Waals surface area (Å²) in [6, 6.07) is 25.9. The van der Waals surface area contributed by atoms with E-state index in [1.807, 2.05) is 71.3 Å². The molecule has 0 unspecified atom stereocenters. The van der Waals surface area contributed by atoms with Crippen molar-refractivity contribution in [3.63, 3.8) is 0 Å². The van der Waals surface area contributed by atoms with Crippen molar-refractivity contribution in [2.75, 3.05) is 18.2 Å². The van der Waals surface area contributed by atoms with Gasteiger partial charge in [0.2, 0.25) is 5.91 Å². The molecule has 0 aliphatic carbocycles. The minimum absolute atomic E-state index is 0.000400. The van der Waals surface area contributed by atoms with E-state index >= 15 is 0 Å². The number of carbonyl (C=O) groups excluding carboxylic acids is 1. The summed E-state index contributed by atoms with van der Waals surface area (Å²) in [5, 5.41) is 16.0. The lowest BCUT2D eigenvalue weighted by atomic mass is 10.2. The summed E-state index contributed by atoms with van der Waals surface area (Å²) in [6.45, 7) is 3.09. The molecule has 3 aromatic carbocycles. The number of ether oxygens (including phenoxy) is 1. The van der Waals surface area contributed by atoms with Crippen LogP contribution in [-0.2, 0) is 17.9 Å². The third kappa shape index (κ3) is 6.86. The molecule has 4 aromatic rings. The van der Waals surface area contributed by atoms with Gasteiger partial charge in [0.25, 0.3) is 0 Å². The molecule has 0 saturated heterocycles. The molecule has 1 amide bonds. The van der Waals surface area contributed by atoms with Gasteiger partial charge in [-0.25, -0.2) is 0 Å². The number of nitrogens with zero attached hydrogens (tertiary/aromatic N) is 3. The average Bonchev–Trinajstić information content (AvgIpc) is 3.29. The van der Waals surface area contributed by atoms with Gasteiger partial charge in [-0.2, -0.15) is 0 Å². The molecule has 0 bridgehead atoms. The number of carbonyl (C=O) groups is 1. The highest BCUT2D eigenvalue weighted by atomic mass is 32.2. The van der Waals surface area contributed by atoms with Crippen molar-refractivity contribution in [2.45, 2.75) is 31.6 Å². The SMILES string of the molecule is COc1ccc(CNC(=O)CCSc2nnc(CNc3cccc(C)c3)n2-c2ccccc2)cc1. The van der Waals surface area contributed by atoms with Crippen LogP contribution in [0.15, 0.2) is 84.0 Å². The van der Waals surface area contributed by atoms with Gasteiger partial charge in [-0.05, 0) is 54.4 Å². The van der Waals surface area contributed by atoms with Crippen LogP contribution in [0.25, 0.3) is 5.69 Å². The molecule has 2 N–H and O–H groups in total. The molecule has 4 rings (SSSR count). The number of anilines is 1. The molecule has 0 aliphatic rings. The highest BCUT2D eigenvalue weighted by Crippen LogP contribution is 2.23. The number of rotatable bonds is 11. The smallest absolute Gasteiger partial charge is 0.221 e. The van der Waals surface area contributed by atoms with Crippen molar-refractivity contribution in [1.82, 2.24) is 20.1 Å². The van der Waals surface area contributed by atoms with Gasteiger partial charge in [0.1, 0.15) is 5.75 Å². The van der Waals surface area contributed by atoms with Gasteiger partial charge in [-0.3, -0.25) is 9.36 Å². The van der Waals surface area contributed by atoms with Crippen LogP contribution in [0.2, 0.25) is 0 Å². The van der Waals surface area contributed by atoms with E-state index < -0.39 is 0 Å². The van der Waals surface area contributed by atoms with Crippen molar-refractivity contribution in [2.24, 2.45) is 0 Å². The van der Waals surface area contributed by atoms with Crippen LogP contribution in [-0.4, -0.2) is 33.5 Å². The lowest BCUT2D eigenvalue weighted by Gasteiger charge is -2.12. The predicted octanol–water partition coefficient (Wildman–Crippen LogP) is 5.00. The third-order valence-electron chi connectivity index (χ3n) is 5.39. The second-order valence-corrected chi connectivity index (χ2v) is 9.08. The van der Waals surface area contributed by atoms with Crippen LogP contribution in [0.5, 0.6) is 5.75 Å². The summed E-state index contributed by atoms with van der Waals surface area (Å²) in [7, 11) is 1.64. The van der Waals surface area contributed by atoms with Crippen molar-refractivity contribution < 1.29 is 9.53 Å². The zero-order chi connectivity index (χ0) is 24.5. The number of nitrogens with one attached hydrogen (secondary N) is 2. The Hall–Kier alpha value is -3.78. The first kappa shape index (κ1) is 24.3. The number of amides is 1. The number of para-hydroxylation sites is 1. The Morgan fingerprint density at radius 2 is 1.77 bits per heavy atom. The minimum Gasteiger partial charge on any atom is -0.497 e. The van der Waals surface area contributed by atoms with Gasteiger partial charge < -0.3 is 15.4 Å². The molecule has 0 aliphatic heterocycles. The zero-order valence-corrected chi connectivity index (χ0v) is 20.7.